The molecule has 0 fully saturated rings. The highest BCUT2D eigenvalue weighted by Gasteiger charge is 2.25. The largest absolute Gasteiger partial charge is 0.207 e. The van der Waals surface area contributed by atoms with Crippen molar-refractivity contribution in [2.24, 2.45) is 0 Å². The summed E-state index contributed by atoms with van der Waals surface area (Å²) in [5, 5.41) is 3.55. The minimum absolute atomic E-state index is 0.197. The molecule has 0 spiro atoms. The van der Waals surface area contributed by atoms with Gasteiger partial charge in [-0.25, -0.2) is 5.12 Å². The summed E-state index contributed by atoms with van der Waals surface area (Å²) >= 11 is 0. The van der Waals surface area contributed by atoms with Crippen LogP contribution in [0, 0.1) is 0 Å². The number of halogens is 1. The first-order valence-corrected chi connectivity index (χ1v) is 16.7. The van der Waals surface area contributed by atoms with Gasteiger partial charge in [-0.3, -0.25) is 0 Å². The molecule has 0 N–H and O–H groups in total. The Morgan fingerprint density at radius 2 is 1.46 bits per heavy atom. The number of fused-ring (bicyclic) bond motifs is 5. The van der Waals surface area contributed by atoms with Crippen LogP contribution < -0.4 is 0 Å². The molecular weight excluding hydrogens is 586 g/mol. The summed E-state index contributed by atoms with van der Waals surface area (Å²) in [5.74, 6) is 0. The summed E-state index contributed by atoms with van der Waals surface area (Å²) in [6.45, 7) is 4.53. The number of hydrogen-bond donors (Lipinski definition) is 0. The lowest BCUT2D eigenvalue weighted by Crippen LogP contribution is -2.12. The molecule has 0 amide bonds. The fourth-order valence-corrected chi connectivity index (χ4v) is 7.20. The Hall–Kier alpha value is -5.73. The summed E-state index contributed by atoms with van der Waals surface area (Å²) in [6.07, 6.45) is 13.0. The van der Waals surface area contributed by atoms with Gasteiger partial charge in [-0.05, 0) is 97.8 Å². The molecule has 6 aromatic carbocycles. The van der Waals surface area contributed by atoms with E-state index in [9.17, 15) is 0 Å². The average Bonchev–Trinajstić information content (AvgIpc) is 3.48. The van der Waals surface area contributed by atoms with Crippen molar-refractivity contribution in [1.29, 1.82) is 0 Å². The molecule has 0 atom stereocenters. The van der Waals surface area contributed by atoms with Gasteiger partial charge >= 0.3 is 0 Å². The average molecular weight is 622 g/mol. The monoisotopic (exact) mass is 621 g/mol. The summed E-state index contributed by atoms with van der Waals surface area (Å²) in [4.78, 5) is 0. The van der Waals surface area contributed by atoms with Gasteiger partial charge in [0.2, 0.25) is 0 Å². The molecule has 48 heavy (non-hydrogen) atoms. The van der Waals surface area contributed by atoms with E-state index >= 15 is 4.48 Å². The van der Waals surface area contributed by atoms with Gasteiger partial charge in [-0.2, -0.15) is 0 Å². The van der Waals surface area contributed by atoms with Crippen LogP contribution in [0.2, 0.25) is 0 Å². The van der Waals surface area contributed by atoms with E-state index in [4.69, 9.17) is 0 Å². The van der Waals surface area contributed by atoms with Crippen molar-refractivity contribution in [1.82, 2.24) is 5.12 Å². The molecular formula is C46H36FN. The fourth-order valence-electron chi connectivity index (χ4n) is 7.20. The number of nitrogens with zero attached hydrogens (tertiary/aromatic N) is 1. The molecule has 232 valence electrons. The van der Waals surface area contributed by atoms with Gasteiger partial charge in [0.05, 0.1) is 12.2 Å². The van der Waals surface area contributed by atoms with Gasteiger partial charge in [0.1, 0.15) is 0 Å². The zero-order chi connectivity index (χ0) is 32.5. The highest BCUT2D eigenvalue weighted by molar-refractivity contribution is 6.17. The zero-order valence-electron chi connectivity index (χ0n) is 26.9. The van der Waals surface area contributed by atoms with Crippen LogP contribution in [0.5, 0.6) is 0 Å². The molecule has 2 aliphatic carbocycles. The van der Waals surface area contributed by atoms with E-state index in [2.05, 4.69) is 97.6 Å². The molecule has 6 aromatic rings. The number of rotatable bonds is 7. The minimum Gasteiger partial charge on any atom is -0.207 e. The number of allylic oxidation sites excluding steroid dienone is 6. The number of hydrogen-bond acceptors (Lipinski definition) is 1. The Morgan fingerprint density at radius 1 is 0.688 bits per heavy atom. The maximum Gasteiger partial charge on any atom is 0.0756 e. The van der Waals surface area contributed by atoms with Crippen molar-refractivity contribution < 1.29 is 4.48 Å². The SMILES string of the molecule is C=C1/C=C\C=C/Cc2cc3c4c(cccc4c2C1)-c1cc(-c2ccc(C/C=C(/c4ccccc4)N(F)Cc4ccccc4)cc2)ccc1-3. The second-order valence-corrected chi connectivity index (χ2v) is 12.7. The molecule has 8 rings (SSSR count). The van der Waals surface area contributed by atoms with Crippen LogP contribution in [-0.4, -0.2) is 5.12 Å². The summed E-state index contributed by atoms with van der Waals surface area (Å²) < 4.78 is 15.6. The third-order valence-electron chi connectivity index (χ3n) is 9.60. The maximum absolute atomic E-state index is 15.6. The van der Waals surface area contributed by atoms with Gasteiger partial charge in [0.15, 0.2) is 0 Å². The first kappa shape index (κ1) is 29.7. The topological polar surface area (TPSA) is 3.24 Å². The summed E-state index contributed by atoms with van der Waals surface area (Å²) in [6, 6.07) is 44.3. The Morgan fingerprint density at radius 3 is 2.27 bits per heavy atom. The Kier molecular flexibility index (Phi) is 7.92. The third kappa shape index (κ3) is 5.71. The fraction of sp³-hybridized carbons (Fsp3) is 0.0870. The van der Waals surface area contributed by atoms with Gasteiger partial charge < -0.3 is 0 Å². The van der Waals surface area contributed by atoms with Crippen LogP contribution >= 0.6 is 0 Å². The van der Waals surface area contributed by atoms with Crippen LogP contribution in [0.3, 0.4) is 0 Å². The van der Waals surface area contributed by atoms with Crippen molar-refractivity contribution in [3.63, 3.8) is 0 Å². The molecule has 0 heterocycles. The first-order chi connectivity index (χ1) is 23.6. The van der Waals surface area contributed by atoms with E-state index in [-0.39, 0.29) is 6.54 Å². The lowest BCUT2D eigenvalue weighted by atomic mass is 9.89. The van der Waals surface area contributed by atoms with Crippen LogP contribution in [-0.2, 0) is 25.8 Å². The Bertz CT molecular complexity index is 2240. The van der Waals surface area contributed by atoms with Gasteiger partial charge in [0.25, 0.3) is 0 Å². The molecule has 0 aromatic heterocycles. The highest BCUT2D eigenvalue weighted by Crippen LogP contribution is 2.50. The molecule has 0 radical (unpaired) electrons. The maximum atomic E-state index is 15.6. The van der Waals surface area contributed by atoms with E-state index in [1.165, 1.54) is 55.3 Å². The van der Waals surface area contributed by atoms with Crippen LogP contribution in [0.4, 0.5) is 4.48 Å². The summed E-state index contributed by atoms with van der Waals surface area (Å²) in [7, 11) is 0. The zero-order valence-corrected chi connectivity index (χ0v) is 26.9. The van der Waals surface area contributed by atoms with E-state index in [1.54, 1.807) is 0 Å². The predicted molar refractivity (Wildman–Crippen MR) is 200 cm³/mol. The molecule has 0 bridgehead atoms. The van der Waals surface area contributed by atoms with Crippen LogP contribution in [0.25, 0.3) is 49.9 Å². The van der Waals surface area contributed by atoms with Gasteiger partial charge in [0, 0.05) is 5.56 Å². The lowest BCUT2D eigenvalue weighted by molar-refractivity contribution is 0.0960. The third-order valence-corrected chi connectivity index (χ3v) is 9.60. The molecule has 0 unspecified atom stereocenters. The van der Waals surface area contributed by atoms with E-state index in [0.717, 1.165) is 40.2 Å². The molecule has 0 saturated carbocycles. The smallest absolute Gasteiger partial charge is 0.0756 e. The predicted octanol–water partition coefficient (Wildman–Crippen LogP) is 11.9. The molecule has 2 heteroatoms. The van der Waals surface area contributed by atoms with Gasteiger partial charge in [-0.15, -0.1) is 0 Å². The second-order valence-electron chi connectivity index (χ2n) is 12.7. The number of benzene rings is 6. The van der Waals surface area contributed by atoms with Crippen molar-refractivity contribution in [2.75, 3.05) is 0 Å². The quantitative estimate of drug-likeness (QED) is 0.160. The van der Waals surface area contributed by atoms with Crippen LogP contribution in [0.1, 0.15) is 27.8 Å². The molecule has 0 aliphatic heterocycles. The first-order valence-electron chi connectivity index (χ1n) is 16.7. The molecule has 2 aliphatic rings. The minimum atomic E-state index is 0.197. The molecule has 1 nitrogen and oxygen atoms in total. The van der Waals surface area contributed by atoms with Crippen molar-refractivity contribution >= 4 is 16.5 Å². The highest BCUT2D eigenvalue weighted by atomic mass is 19.2. The van der Waals surface area contributed by atoms with Crippen LogP contribution in [0.15, 0.2) is 170 Å². The lowest BCUT2D eigenvalue weighted by Gasteiger charge is -2.18. The van der Waals surface area contributed by atoms with Crippen molar-refractivity contribution in [2.45, 2.75) is 25.8 Å². The standard InChI is InChI=1S/C46H36FN/c1-32-12-5-2-10-17-38-30-44-39-26-25-37(29-43(39)41-19-11-18-40(46(41)44)42(38)28-32)35-23-20-33(21-24-35)22-27-45(36-15-8-4-9-16-36)48(47)31-34-13-6-3-7-14-34/h2-16,18-21,23-27,29-30H,1,17,22,28,31H2/b10-2-,12-5-,45-27-. The summed E-state index contributed by atoms with van der Waals surface area (Å²) in [5.41, 5.74) is 15.0. The van der Waals surface area contributed by atoms with Crippen molar-refractivity contribution in [3.05, 3.63) is 198 Å². The van der Waals surface area contributed by atoms with Crippen molar-refractivity contribution in [3.8, 4) is 33.4 Å². The van der Waals surface area contributed by atoms with E-state index < -0.39 is 0 Å². The Balaban J connectivity index is 1.08. The normalized spacial score (nSPS) is 14.9. The second kappa shape index (κ2) is 12.8. The van der Waals surface area contributed by atoms with Gasteiger partial charge in [-0.1, -0.05) is 162 Å². The van der Waals surface area contributed by atoms with E-state index in [1.807, 2.05) is 66.7 Å². The Labute approximate surface area is 282 Å². The van der Waals surface area contributed by atoms with E-state index in [0.29, 0.717) is 12.1 Å². The molecule has 0 saturated heterocycles.